The molecule has 2 heterocycles. The van der Waals surface area contributed by atoms with Crippen LogP contribution in [-0.2, 0) is 11.3 Å². The molecule has 1 aliphatic carbocycles. The van der Waals surface area contributed by atoms with Crippen LogP contribution in [0.2, 0.25) is 0 Å². The van der Waals surface area contributed by atoms with Gasteiger partial charge in [0, 0.05) is 31.7 Å². The van der Waals surface area contributed by atoms with Crippen LogP contribution in [0.15, 0.2) is 30.3 Å². The van der Waals surface area contributed by atoms with Crippen LogP contribution in [0.5, 0.6) is 0 Å². The summed E-state index contributed by atoms with van der Waals surface area (Å²) in [6.45, 7) is 6.13. The summed E-state index contributed by atoms with van der Waals surface area (Å²) >= 11 is 0. The van der Waals surface area contributed by atoms with Crippen LogP contribution in [0.4, 0.5) is 0 Å². The molecule has 2 N–H and O–H groups in total. The molecular weight excluding hydrogens is 310 g/mol. The van der Waals surface area contributed by atoms with Gasteiger partial charge in [0.1, 0.15) is 0 Å². The van der Waals surface area contributed by atoms with Gasteiger partial charge in [0.15, 0.2) is 0 Å². The highest BCUT2D eigenvalue weighted by Gasteiger charge is 2.50. The molecule has 1 aromatic carbocycles. The zero-order valence-corrected chi connectivity index (χ0v) is 15.3. The lowest BCUT2D eigenvalue weighted by Crippen LogP contribution is -2.51. The highest BCUT2D eigenvalue weighted by molar-refractivity contribution is 5.84. The van der Waals surface area contributed by atoms with E-state index in [4.69, 9.17) is 0 Å². The topological polar surface area (TPSA) is 44.4 Å². The predicted molar refractivity (Wildman–Crippen MR) is 100 cm³/mol. The molecule has 0 aromatic heterocycles. The fraction of sp³-hybridized carbons (Fsp3) is 0.667. The summed E-state index contributed by atoms with van der Waals surface area (Å²) in [7, 11) is 0. The van der Waals surface area contributed by atoms with Gasteiger partial charge in [-0.3, -0.25) is 9.69 Å². The molecule has 2 unspecified atom stereocenters. The maximum absolute atomic E-state index is 13.2. The largest absolute Gasteiger partial charge is 0.351 e. The standard InChI is InChI=1S/C21H31N3O/c1-16-11-19(14-24(16)13-17-7-3-2-4-8-17)23-20(25)21-10-6-5-9-18(21)12-22-15-21/h2-4,7-8,16,18-19,22H,5-6,9-15H2,1H3,(H,23,25)/t16?,18-,19?,21+/m0/s1. The minimum absolute atomic E-state index is 0.131. The Labute approximate surface area is 151 Å². The fourth-order valence-electron chi connectivity index (χ4n) is 5.26. The Kier molecular flexibility index (Phi) is 4.83. The van der Waals surface area contributed by atoms with Gasteiger partial charge in [-0.2, -0.15) is 0 Å². The molecule has 0 spiro atoms. The predicted octanol–water partition coefficient (Wildman–Crippen LogP) is 2.55. The molecule has 4 rings (SSSR count). The Morgan fingerprint density at radius 3 is 3.00 bits per heavy atom. The fourth-order valence-corrected chi connectivity index (χ4v) is 5.26. The lowest BCUT2D eigenvalue weighted by molar-refractivity contribution is -0.134. The first-order chi connectivity index (χ1) is 12.2. The normalized spacial score (nSPS) is 35.5. The van der Waals surface area contributed by atoms with E-state index in [1.165, 1.54) is 24.8 Å². The summed E-state index contributed by atoms with van der Waals surface area (Å²) in [6, 6.07) is 11.5. The third kappa shape index (κ3) is 3.34. The molecule has 1 amide bonds. The number of fused-ring (bicyclic) bond motifs is 1. The van der Waals surface area contributed by atoms with Crippen LogP contribution in [0.1, 0.15) is 44.6 Å². The summed E-state index contributed by atoms with van der Waals surface area (Å²) in [6.07, 6.45) is 5.82. The molecule has 3 fully saturated rings. The first-order valence-corrected chi connectivity index (χ1v) is 9.97. The molecule has 4 atom stereocenters. The molecule has 3 aliphatic rings. The Balaban J connectivity index is 1.37. The quantitative estimate of drug-likeness (QED) is 0.885. The Bertz CT molecular complexity index is 604. The van der Waals surface area contributed by atoms with E-state index in [-0.39, 0.29) is 5.41 Å². The van der Waals surface area contributed by atoms with E-state index in [2.05, 4.69) is 52.8 Å². The molecule has 2 aliphatic heterocycles. The van der Waals surface area contributed by atoms with Gasteiger partial charge in [0.25, 0.3) is 0 Å². The lowest BCUT2D eigenvalue weighted by Gasteiger charge is -2.37. The van der Waals surface area contributed by atoms with Crippen LogP contribution in [-0.4, -0.2) is 42.5 Å². The number of amides is 1. The van der Waals surface area contributed by atoms with Gasteiger partial charge in [-0.1, -0.05) is 43.2 Å². The van der Waals surface area contributed by atoms with E-state index in [1.54, 1.807) is 0 Å². The van der Waals surface area contributed by atoms with E-state index < -0.39 is 0 Å². The summed E-state index contributed by atoms with van der Waals surface area (Å²) in [4.78, 5) is 15.7. The Hall–Kier alpha value is -1.39. The molecule has 0 radical (unpaired) electrons. The number of carbonyl (C=O) groups excluding carboxylic acids is 1. The molecule has 0 bridgehead atoms. The second-order valence-corrected chi connectivity index (χ2v) is 8.40. The van der Waals surface area contributed by atoms with Crippen molar-refractivity contribution in [2.75, 3.05) is 19.6 Å². The number of hydrogen-bond acceptors (Lipinski definition) is 3. The number of benzene rings is 1. The SMILES string of the molecule is CC1CC(NC(=O)[C@@]23CCCC[C@H]2CNC3)CN1Cc1ccccc1. The van der Waals surface area contributed by atoms with Crippen LogP contribution in [0.3, 0.4) is 0 Å². The van der Waals surface area contributed by atoms with Crippen molar-refractivity contribution in [3.8, 4) is 0 Å². The third-order valence-electron chi connectivity index (χ3n) is 6.76. The van der Waals surface area contributed by atoms with Gasteiger partial charge in [0.2, 0.25) is 5.91 Å². The highest BCUT2D eigenvalue weighted by Crippen LogP contribution is 2.44. The molecule has 136 valence electrons. The average Bonchev–Trinajstić information content (AvgIpc) is 3.20. The van der Waals surface area contributed by atoms with Crippen molar-refractivity contribution >= 4 is 5.91 Å². The van der Waals surface area contributed by atoms with Crippen LogP contribution in [0.25, 0.3) is 0 Å². The summed E-state index contributed by atoms with van der Waals surface area (Å²) in [5.74, 6) is 0.862. The van der Waals surface area contributed by atoms with Crippen molar-refractivity contribution in [3.05, 3.63) is 35.9 Å². The summed E-state index contributed by atoms with van der Waals surface area (Å²) in [5.41, 5.74) is 1.22. The Morgan fingerprint density at radius 2 is 2.16 bits per heavy atom. The second-order valence-electron chi connectivity index (χ2n) is 8.40. The Morgan fingerprint density at radius 1 is 1.32 bits per heavy atom. The molecule has 2 saturated heterocycles. The third-order valence-corrected chi connectivity index (χ3v) is 6.76. The van der Waals surface area contributed by atoms with Gasteiger partial charge < -0.3 is 10.6 Å². The van der Waals surface area contributed by atoms with E-state index >= 15 is 0 Å². The van der Waals surface area contributed by atoms with E-state index in [0.717, 1.165) is 39.0 Å². The van der Waals surface area contributed by atoms with E-state index in [1.807, 2.05) is 0 Å². The second kappa shape index (κ2) is 7.08. The minimum Gasteiger partial charge on any atom is -0.351 e. The first-order valence-electron chi connectivity index (χ1n) is 9.97. The minimum atomic E-state index is -0.131. The first kappa shape index (κ1) is 17.0. The van der Waals surface area contributed by atoms with Crippen molar-refractivity contribution in [2.24, 2.45) is 11.3 Å². The number of rotatable bonds is 4. The molecule has 1 aromatic rings. The molecule has 1 saturated carbocycles. The number of nitrogens with one attached hydrogen (secondary N) is 2. The monoisotopic (exact) mass is 341 g/mol. The number of carbonyl (C=O) groups is 1. The van der Waals surface area contributed by atoms with Gasteiger partial charge in [-0.25, -0.2) is 0 Å². The van der Waals surface area contributed by atoms with Crippen LogP contribution >= 0.6 is 0 Å². The van der Waals surface area contributed by atoms with E-state index in [9.17, 15) is 4.79 Å². The summed E-state index contributed by atoms with van der Waals surface area (Å²) < 4.78 is 0. The number of nitrogens with zero attached hydrogens (tertiary/aromatic N) is 1. The van der Waals surface area contributed by atoms with Crippen molar-refractivity contribution in [1.29, 1.82) is 0 Å². The van der Waals surface area contributed by atoms with Crippen LogP contribution in [0, 0.1) is 11.3 Å². The van der Waals surface area contributed by atoms with Crippen molar-refractivity contribution in [1.82, 2.24) is 15.5 Å². The molecule has 4 nitrogen and oxygen atoms in total. The zero-order valence-electron chi connectivity index (χ0n) is 15.3. The molecule has 4 heteroatoms. The van der Waals surface area contributed by atoms with Gasteiger partial charge in [-0.15, -0.1) is 0 Å². The van der Waals surface area contributed by atoms with Gasteiger partial charge >= 0.3 is 0 Å². The maximum Gasteiger partial charge on any atom is 0.228 e. The average molecular weight is 341 g/mol. The molecular formula is C21H31N3O. The van der Waals surface area contributed by atoms with Crippen LogP contribution < -0.4 is 10.6 Å². The zero-order chi connectivity index (χ0) is 17.3. The smallest absolute Gasteiger partial charge is 0.228 e. The highest BCUT2D eigenvalue weighted by atomic mass is 16.2. The summed E-state index contributed by atoms with van der Waals surface area (Å²) in [5, 5.41) is 6.93. The van der Waals surface area contributed by atoms with Crippen molar-refractivity contribution in [3.63, 3.8) is 0 Å². The maximum atomic E-state index is 13.2. The number of hydrogen-bond donors (Lipinski definition) is 2. The van der Waals surface area contributed by atoms with Crippen molar-refractivity contribution < 1.29 is 4.79 Å². The van der Waals surface area contributed by atoms with Gasteiger partial charge in [0.05, 0.1) is 5.41 Å². The van der Waals surface area contributed by atoms with Crippen molar-refractivity contribution in [2.45, 2.75) is 57.7 Å². The number of likely N-dealkylation sites (tertiary alicyclic amines) is 1. The van der Waals surface area contributed by atoms with E-state index in [0.29, 0.717) is 23.9 Å². The molecule has 25 heavy (non-hydrogen) atoms. The van der Waals surface area contributed by atoms with Gasteiger partial charge in [-0.05, 0) is 44.2 Å². The lowest BCUT2D eigenvalue weighted by atomic mass is 9.67.